The highest BCUT2D eigenvalue weighted by Crippen LogP contribution is 2.46. The first kappa shape index (κ1) is 13.9. The average Bonchev–Trinajstić information content (AvgIpc) is 2.70. The van der Waals surface area contributed by atoms with E-state index in [1.165, 1.54) is 19.1 Å². The predicted octanol–water partition coefficient (Wildman–Crippen LogP) is 3.08. The van der Waals surface area contributed by atoms with Gasteiger partial charge in [-0.25, -0.2) is 0 Å². The summed E-state index contributed by atoms with van der Waals surface area (Å²) in [5.74, 6) is 0.0977. The van der Waals surface area contributed by atoms with Crippen LogP contribution in [0.3, 0.4) is 0 Å². The molecule has 3 rings (SSSR count). The lowest BCUT2D eigenvalue weighted by molar-refractivity contribution is -0.150. The van der Waals surface area contributed by atoms with Crippen LogP contribution in [0.1, 0.15) is 30.7 Å². The summed E-state index contributed by atoms with van der Waals surface area (Å²) in [5.41, 5.74) is 1.20. The van der Waals surface area contributed by atoms with E-state index >= 15 is 0 Å². The highest BCUT2D eigenvalue weighted by molar-refractivity contribution is 6.30. The topological polar surface area (TPSA) is 29.5 Å². The van der Waals surface area contributed by atoms with Gasteiger partial charge in [0.25, 0.3) is 0 Å². The van der Waals surface area contributed by atoms with Gasteiger partial charge in [0.1, 0.15) is 0 Å². The van der Waals surface area contributed by atoms with E-state index in [0.717, 1.165) is 17.9 Å². The van der Waals surface area contributed by atoms with Crippen LogP contribution >= 0.6 is 11.6 Å². The molecule has 4 atom stereocenters. The normalized spacial score (nSPS) is 33.1. The van der Waals surface area contributed by atoms with Crippen molar-refractivity contribution >= 4 is 17.6 Å². The molecule has 2 fully saturated rings. The van der Waals surface area contributed by atoms with Gasteiger partial charge in [-0.05, 0) is 44.0 Å². The Morgan fingerprint density at radius 3 is 2.65 bits per heavy atom. The first-order valence-corrected chi connectivity index (χ1v) is 7.55. The van der Waals surface area contributed by atoms with Crippen molar-refractivity contribution in [2.45, 2.75) is 37.3 Å². The lowest BCUT2D eigenvalue weighted by Gasteiger charge is -2.41. The second kappa shape index (κ2) is 5.38. The Kier molecular flexibility index (Phi) is 3.74. The maximum absolute atomic E-state index is 12.3. The van der Waals surface area contributed by atoms with E-state index in [1.807, 2.05) is 24.3 Å². The molecule has 2 heterocycles. The van der Waals surface area contributed by atoms with Crippen molar-refractivity contribution in [3.8, 4) is 0 Å². The number of carbonyl (C=O) groups excluding carboxylic acids is 1. The number of ether oxygens (including phenoxy) is 1. The fraction of sp³-hybridized carbons (Fsp3) is 0.562. The third kappa shape index (κ3) is 2.23. The maximum Gasteiger partial charge on any atom is 0.310 e. The van der Waals surface area contributed by atoms with Crippen LogP contribution in [0.25, 0.3) is 0 Å². The Balaban J connectivity index is 1.95. The van der Waals surface area contributed by atoms with Gasteiger partial charge in [-0.2, -0.15) is 0 Å². The quantitative estimate of drug-likeness (QED) is 0.785. The summed E-state index contributed by atoms with van der Waals surface area (Å²) in [7, 11) is 3.62. The molecule has 0 amide bonds. The summed E-state index contributed by atoms with van der Waals surface area (Å²) in [6.07, 6.45) is 3.29. The van der Waals surface area contributed by atoms with Gasteiger partial charge < -0.3 is 4.74 Å². The van der Waals surface area contributed by atoms with Gasteiger partial charge in [0.2, 0.25) is 0 Å². The third-order valence-electron chi connectivity index (χ3n) is 5.04. The Hall–Kier alpha value is -1.06. The number of carbonyl (C=O) groups is 1. The van der Waals surface area contributed by atoms with E-state index in [0.29, 0.717) is 12.1 Å². The summed E-state index contributed by atoms with van der Waals surface area (Å²) < 4.78 is 5.07. The summed E-state index contributed by atoms with van der Waals surface area (Å²) in [6.45, 7) is 0. The fourth-order valence-corrected chi connectivity index (χ4v) is 4.10. The van der Waals surface area contributed by atoms with Crippen molar-refractivity contribution in [1.82, 2.24) is 4.90 Å². The molecule has 0 radical (unpaired) electrons. The molecule has 0 aliphatic carbocycles. The van der Waals surface area contributed by atoms with Gasteiger partial charge in [0, 0.05) is 23.0 Å². The molecule has 0 unspecified atom stereocenters. The Labute approximate surface area is 124 Å². The van der Waals surface area contributed by atoms with Crippen LogP contribution < -0.4 is 0 Å². The summed E-state index contributed by atoms with van der Waals surface area (Å²) in [6, 6.07) is 8.81. The molecule has 1 aromatic carbocycles. The van der Waals surface area contributed by atoms with E-state index in [1.54, 1.807) is 0 Å². The predicted molar refractivity (Wildman–Crippen MR) is 78.9 cm³/mol. The number of hydrogen-bond acceptors (Lipinski definition) is 3. The molecule has 0 aromatic heterocycles. The van der Waals surface area contributed by atoms with Crippen molar-refractivity contribution in [2.24, 2.45) is 5.92 Å². The molecule has 1 aromatic rings. The van der Waals surface area contributed by atoms with Gasteiger partial charge >= 0.3 is 5.97 Å². The SMILES string of the molecule is COC(=O)[C@@H]1[C@H]2CC[C@H](C[C@H]1c1ccc(Cl)cc1)N2C. The van der Waals surface area contributed by atoms with E-state index < -0.39 is 0 Å². The first-order chi connectivity index (χ1) is 9.61. The monoisotopic (exact) mass is 293 g/mol. The fourth-order valence-electron chi connectivity index (χ4n) is 3.98. The van der Waals surface area contributed by atoms with Gasteiger partial charge in [0.05, 0.1) is 13.0 Å². The smallest absolute Gasteiger partial charge is 0.310 e. The zero-order chi connectivity index (χ0) is 14.3. The number of halogens is 1. The lowest BCUT2D eigenvalue weighted by Crippen LogP contribution is -2.49. The highest BCUT2D eigenvalue weighted by atomic mass is 35.5. The van der Waals surface area contributed by atoms with E-state index in [2.05, 4.69) is 11.9 Å². The van der Waals surface area contributed by atoms with Gasteiger partial charge in [0.15, 0.2) is 0 Å². The van der Waals surface area contributed by atoms with E-state index in [4.69, 9.17) is 16.3 Å². The van der Waals surface area contributed by atoms with Crippen molar-refractivity contribution in [3.05, 3.63) is 34.9 Å². The number of hydrogen-bond donors (Lipinski definition) is 0. The van der Waals surface area contributed by atoms with Crippen LogP contribution in [-0.4, -0.2) is 37.1 Å². The minimum atomic E-state index is -0.0813. The molecular formula is C16H20ClNO2. The summed E-state index contributed by atoms with van der Waals surface area (Å²) in [5, 5.41) is 0.735. The first-order valence-electron chi connectivity index (χ1n) is 7.17. The summed E-state index contributed by atoms with van der Waals surface area (Å²) in [4.78, 5) is 14.6. The second-order valence-electron chi connectivity index (χ2n) is 5.91. The molecule has 108 valence electrons. The molecule has 3 nitrogen and oxygen atoms in total. The van der Waals surface area contributed by atoms with Crippen LogP contribution in [-0.2, 0) is 9.53 Å². The second-order valence-corrected chi connectivity index (χ2v) is 6.34. The molecule has 4 heteroatoms. The Morgan fingerprint density at radius 1 is 1.30 bits per heavy atom. The Morgan fingerprint density at radius 2 is 2.00 bits per heavy atom. The number of rotatable bonds is 2. The maximum atomic E-state index is 12.3. The van der Waals surface area contributed by atoms with E-state index in [9.17, 15) is 4.79 Å². The molecule has 2 aliphatic heterocycles. The lowest BCUT2D eigenvalue weighted by atomic mass is 9.76. The standard InChI is InChI=1S/C16H20ClNO2/c1-18-12-7-8-14(18)15(16(19)20-2)13(9-12)10-3-5-11(17)6-4-10/h3-6,12-15H,7-9H2,1-2H3/t12-,13+,14-,15+/m1/s1. The largest absolute Gasteiger partial charge is 0.469 e. The van der Waals surface area contributed by atoms with Gasteiger partial charge in [-0.1, -0.05) is 23.7 Å². The van der Waals surface area contributed by atoms with Crippen LogP contribution in [0, 0.1) is 5.92 Å². The molecule has 2 bridgehead atoms. The number of fused-ring (bicyclic) bond motifs is 2. The molecule has 0 N–H and O–H groups in total. The zero-order valence-corrected chi connectivity index (χ0v) is 12.6. The van der Waals surface area contributed by atoms with Crippen LogP contribution in [0.5, 0.6) is 0 Å². The highest BCUT2D eigenvalue weighted by Gasteiger charge is 2.49. The number of methoxy groups -OCH3 is 1. The van der Waals surface area contributed by atoms with Crippen LogP contribution in [0.4, 0.5) is 0 Å². The van der Waals surface area contributed by atoms with Crippen molar-refractivity contribution < 1.29 is 9.53 Å². The third-order valence-corrected chi connectivity index (χ3v) is 5.29. The average molecular weight is 294 g/mol. The van der Waals surface area contributed by atoms with Crippen molar-refractivity contribution in [3.63, 3.8) is 0 Å². The molecule has 2 aliphatic rings. The van der Waals surface area contributed by atoms with Crippen LogP contribution in [0.2, 0.25) is 5.02 Å². The molecule has 2 saturated heterocycles. The number of piperidine rings is 1. The number of nitrogens with zero attached hydrogens (tertiary/aromatic N) is 1. The molecule has 0 saturated carbocycles. The zero-order valence-electron chi connectivity index (χ0n) is 11.9. The van der Waals surface area contributed by atoms with Gasteiger partial charge in [-0.3, -0.25) is 9.69 Å². The number of esters is 1. The molecule has 20 heavy (non-hydrogen) atoms. The number of benzene rings is 1. The minimum absolute atomic E-state index is 0.0649. The molecular weight excluding hydrogens is 274 g/mol. The van der Waals surface area contributed by atoms with Crippen LogP contribution in [0.15, 0.2) is 24.3 Å². The minimum Gasteiger partial charge on any atom is -0.469 e. The van der Waals surface area contributed by atoms with E-state index in [-0.39, 0.29) is 17.8 Å². The van der Waals surface area contributed by atoms with Crippen molar-refractivity contribution in [2.75, 3.05) is 14.2 Å². The van der Waals surface area contributed by atoms with Crippen molar-refractivity contribution in [1.29, 1.82) is 0 Å². The van der Waals surface area contributed by atoms with Gasteiger partial charge in [-0.15, -0.1) is 0 Å². The summed E-state index contributed by atoms with van der Waals surface area (Å²) >= 11 is 5.97. The Bertz CT molecular complexity index is 502. The molecule has 0 spiro atoms.